The third-order valence-corrected chi connectivity index (χ3v) is 4.98. The predicted octanol–water partition coefficient (Wildman–Crippen LogP) is 5.61. The summed E-state index contributed by atoms with van der Waals surface area (Å²) in [6.07, 6.45) is 13.6. The highest BCUT2D eigenvalue weighted by Crippen LogP contribution is 2.15. The Hall–Kier alpha value is 0.210. The number of hydrogen-bond donors (Lipinski definition) is 1. The lowest BCUT2D eigenvalue weighted by molar-refractivity contribution is 0.180. The molecule has 0 radical (unpaired) electrons. The molecule has 0 fully saturated rings. The van der Waals surface area contributed by atoms with E-state index < -0.39 is 0 Å². The molecule has 22 heavy (non-hydrogen) atoms. The molecule has 0 rings (SSSR count). The monoisotopic (exact) mass is 333 g/mol. The Morgan fingerprint density at radius 2 is 1.23 bits per heavy atom. The number of alkyl halides is 1. The van der Waals surface area contributed by atoms with Crippen molar-refractivity contribution in [3.8, 4) is 0 Å². The maximum absolute atomic E-state index is 9.18. The lowest BCUT2D eigenvalue weighted by atomic mass is 10.0. The van der Waals surface area contributed by atoms with Crippen molar-refractivity contribution in [3.63, 3.8) is 0 Å². The van der Waals surface area contributed by atoms with Gasteiger partial charge in [0.1, 0.15) is 0 Å². The zero-order valence-electron chi connectivity index (χ0n) is 15.3. The molecule has 0 aromatic rings. The van der Waals surface area contributed by atoms with Crippen LogP contribution in [0.3, 0.4) is 0 Å². The number of nitrogens with zero attached hydrogens (tertiary/aromatic N) is 1. The fourth-order valence-electron chi connectivity index (χ4n) is 2.87. The Kier molecular flexibility index (Phi) is 16.2. The van der Waals surface area contributed by atoms with Crippen LogP contribution in [0.1, 0.15) is 91.4 Å². The van der Waals surface area contributed by atoms with E-state index >= 15 is 0 Å². The highest BCUT2D eigenvalue weighted by Gasteiger charge is 2.07. The molecule has 0 aliphatic carbocycles. The molecule has 2 unspecified atom stereocenters. The molecule has 0 aromatic heterocycles. The van der Waals surface area contributed by atoms with E-state index in [-0.39, 0.29) is 6.10 Å². The summed E-state index contributed by atoms with van der Waals surface area (Å²) in [4.78, 5) is 2.45. The van der Waals surface area contributed by atoms with Crippen molar-refractivity contribution in [2.75, 3.05) is 19.6 Å². The number of unbranched alkanes of at least 4 members (excludes halogenated alkanes) is 7. The first kappa shape index (κ1) is 22.2. The van der Waals surface area contributed by atoms with E-state index in [1.165, 1.54) is 57.8 Å². The molecule has 2 nitrogen and oxygen atoms in total. The topological polar surface area (TPSA) is 23.5 Å². The van der Waals surface area contributed by atoms with Crippen LogP contribution in [0.15, 0.2) is 0 Å². The molecular weight excluding hydrogens is 294 g/mol. The molecule has 134 valence electrons. The van der Waals surface area contributed by atoms with Gasteiger partial charge in [0.15, 0.2) is 0 Å². The average Bonchev–Trinajstić information content (AvgIpc) is 2.49. The summed E-state index contributed by atoms with van der Waals surface area (Å²) < 4.78 is 0. The zero-order valence-corrected chi connectivity index (χ0v) is 16.1. The molecule has 0 saturated carbocycles. The van der Waals surface area contributed by atoms with E-state index in [4.69, 9.17) is 11.6 Å². The summed E-state index contributed by atoms with van der Waals surface area (Å²) in [5.74, 6) is 0. The Morgan fingerprint density at radius 1 is 0.773 bits per heavy atom. The van der Waals surface area contributed by atoms with Crippen LogP contribution in [0, 0.1) is 0 Å². The van der Waals surface area contributed by atoms with Crippen LogP contribution in [-0.2, 0) is 0 Å². The molecule has 2 atom stereocenters. The molecule has 0 saturated heterocycles. The van der Waals surface area contributed by atoms with Gasteiger partial charge >= 0.3 is 0 Å². The molecule has 0 heterocycles. The molecular formula is C19H40ClNO. The fourth-order valence-corrected chi connectivity index (χ4v) is 3.12. The molecule has 3 heteroatoms. The first-order valence-electron chi connectivity index (χ1n) is 9.64. The second-order valence-corrected chi connectivity index (χ2v) is 7.28. The van der Waals surface area contributed by atoms with E-state index in [1.54, 1.807) is 0 Å². The number of aliphatic hydroxyl groups excluding tert-OH is 1. The Labute approximate surface area is 144 Å². The van der Waals surface area contributed by atoms with Gasteiger partial charge in [0, 0.05) is 5.38 Å². The van der Waals surface area contributed by atoms with Gasteiger partial charge in [-0.05, 0) is 45.8 Å². The van der Waals surface area contributed by atoms with Gasteiger partial charge in [-0.2, -0.15) is 0 Å². The van der Waals surface area contributed by atoms with Gasteiger partial charge in [0.05, 0.1) is 6.10 Å². The summed E-state index contributed by atoms with van der Waals surface area (Å²) in [6.45, 7) is 9.74. The van der Waals surface area contributed by atoms with E-state index in [0.29, 0.717) is 5.38 Å². The van der Waals surface area contributed by atoms with Crippen LogP contribution in [0.25, 0.3) is 0 Å². The van der Waals surface area contributed by atoms with Crippen molar-refractivity contribution >= 4 is 11.6 Å². The minimum atomic E-state index is -0.120. The first-order chi connectivity index (χ1) is 10.6. The van der Waals surface area contributed by atoms with Crippen molar-refractivity contribution in [1.82, 2.24) is 4.90 Å². The zero-order chi connectivity index (χ0) is 16.6. The van der Waals surface area contributed by atoms with Crippen molar-refractivity contribution < 1.29 is 5.11 Å². The molecule has 0 aromatic carbocycles. The third kappa shape index (κ3) is 15.1. The van der Waals surface area contributed by atoms with E-state index in [2.05, 4.69) is 18.7 Å². The van der Waals surface area contributed by atoms with E-state index in [1.807, 2.05) is 6.92 Å². The van der Waals surface area contributed by atoms with Crippen LogP contribution in [0.5, 0.6) is 0 Å². The van der Waals surface area contributed by atoms with Crippen LogP contribution in [0.2, 0.25) is 0 Å². The van der Waals surface area contributed by atoms with Gasteiger partial charge in [-0.15, -0.1) is 11.6 Å². The Morgan fingerprint density at radius 3 is 1.68 bits per heavy atom. The predicted molar refractivity (Wildman–Crippen MR) is 99.9 cm³/mol. The summed E-state index contributed by atoms with van der Waals surface area (Å²) in [7, 11) is 0. The fraction of sp³-hybridized carbons (Fsp3) is 1.00. The smallest absolute Gasteiger partial charge is 0.0512 e. The number of rotatable bonds is 16. The van der Waals surface area contributed by atoms with Crippen molar-refractivity contribution in [1.29, 1.82) is 0 Å². The maximum atomic E-state index is 9.18. The van der Waals surface area contributed by atoms with Crippen LogP contribution in [-0.4, -0.2) is 41.1 Å². The molecule has 1 N–H and O–H groups in total. The maximum Gasteiger partial charge on any atom is 0.0512 e. The quantitative estimate of drug-likeness (QED) is 0.293. The van der Waals surface area contributed by atoms with Crippen LogP contribution < -0.4 is 0 Å². The molecule has 0 amide bonds. The number of aliphatic hydroxyl groups is 1. The number of hydrogen-bond acceptors (Lipinski definition) is 2. The first-order valence-corrected chi connectivity index (χ1v) is 10.1. The largest absolute Gasteiger partial charge is 0.393 e. The standard InChI is InChI=1S/C19H40ClNO/c1-4-21(5-2)17-16-19(20)15-13-11-9-7-6-8-10-12-14-18(3)22/h18-19,22H,4-17H2,1-3H3. The SMILES string of the molecule is CCN(CC)CCC(Cl)CCCCCCCCCCC(C)O. The van der Waals surface area contributed by atoms with Crippen molar-refractivity contribution in [2.45, 2.75) is 103 Å². The second kappa shape index (κ2) is 16.1. The van der Waals surface area contributed by atoms with Crippen LogP contribution >= 0.6 is 11.6 Å². The lowest BCUT2D eigenvalue weighted by Crippen LogP contribution is -2.25. The van der Waals surface area contributed by atoms with Gasteiger partial charge in [0.25, 0.3) is 0 Å². The van der Waals surface area contributed by atoms with E-state index in [0.717, 1.165) is 32.5 Å². The van der Waals surface area contributed by atoms with Gasteiger partial charge in [-0.25, -0.2) is 0 Å². The summed E-state index contributed by atoms with van der Waals surface area (Å²) in [5, 5.41) is 9.54. The highest BCUT2D eigenvalue weighted by atomic mass is 35.5. The summed E-state index contributed by atoms with van der Waals surface area (Å²) >= 11 is 6.41. The van der Waals surface area contributed by atoms with Crippen molar-refractivity contribution in [3.05, 3.63) is 0 Å². The van der Waals surface area contributed by atoms with Crippen molar-refractivity contribution in [2.24, 2.45) is 0 Å². The number of halogens is 1. The normalized spacial score (nSPS) is 14.5. The highest BCUT2D eigenvalue weighted by molar-refractivity contribution is 6.20. The summed E-state index contributed by atoms with van der Waals surface area (Å²) in [6, 6.07) is 0. The minimum Gasteiger partial charge on any atom is -0.393 e. The van der Waals surface area contributed by atoms with Gasteiger partial charge in [0.2, 0.25) is 0 Å². The second-order valence-electron chi connectivity index (χ2n) is 6.67. The van der Waals surface area contributed by atoms with E-state index in [9.17, 15) is 5.11 Å². The van der Waals surface area contributed by atoms with Gasteiger partial charge in [-0.1, -0.05) is 65.2 Å². The molecule has 0 spiro atoms. The van der Waals surface area contributed by atoms with Gasteiger partial charge < -0.3 is 10.0 Å². The molecule has 0 bridgehead atoms. The van der Waals surface area contributed by atoms with Crippen LogP contribution in [0.4, 0.5) is 0 Å². The Balaban J connectivity index is 3.25. The third-order valence-electron chi connectivity index (χ3n) is 4.54. The lowest BCUT2D eigenvalue weighted by Gasteiger charge is -2.19. The molecule has 0 aliphatic rings. The Bertz CT molecular complexity index is 219. The average molecular weight is 334 g/mol. The molecule has 0 aliphatic heterocycles. The summed E-state index contributed by atoms with van der Waals surface area (Å²) in [5.41, 5.74) is 0. The van der Waals surface area contributed by atoms with Gasteiger partial charge in [-0.3, -0.25) is 0 Å². The minimum absolute atomic E-state index is 0.120.